The van der Waals surface area contributed by atoms with E-state index in [1.807, 2.05) is 0 Å². The predicted molar refractivity (Wildman–Crippen MR) is 53.2 cm³/mol. The highest BCUT2D eigenvalue weighted by Crippen LogP contribution is 2.22. The largest absolute Gasteiger partial charge is 0.328 e. The average molecular weight is 170 g/mol. The fourth-order valence-corrected chi connectivity index (χ4v) is 1.73. The minimum atomic E-state index is 0.375. The summed E-state index contributed by atoms with van der Waals surface area (Å²) < 4.78 is 0. The molecule has 0 saturated carbocycles. The molecule has 12 heavy (non-hydrogen) atoms. The van der Waals surface area contributed by atoms with Crippen LogP contribution in [0.1, 0.15) is 40.0 Å². The summed E-state index contributed by atoms with van der Waals surface area (Å²) in [7, 11) is 0. The third-order valence-electron chi connectivity index (χ3n) is 3.26. The van der Waals surface area contributed by atoms with E-state index in [9.17, 15) is 0 Å². The number of nitrogens with two attached hydrogens (primary N) is 1. The molecule has 1 fully saturated rings. The number of nitrogens with zero attached hydrogens (tertiary/aromatic N) is 1. The first-order chi connectivity index (χ1) is 5.56. The quantitative estimate of drug-likeness (QED) is 0.682. The molecule has 0 bridgehead atoms. The molecular formula is C10H22N2. The summed E-state index contributed by atoms with van der Waals surface area (Å²) in [5.74, 6) is 0. The van der Waals surface area contributed by atoms with Crippen LogP contribution in [0.4, 0.5) is 0 Å². The van der Waals surface area contributed by atoms with Gasteiger partial charge in [-0.1, -0.05) is 6.92 Å². The fourth-order valence-electron chi connectivity index (χ4n) is 1.73. The van der Waals surface area contributed by atoms with E-state index in [-0.39, 0.29) is 0 Å². The Labute approximate surface area is 76.1 Å². The van der Waals surface area contributed by atoms with E-state index in [4.69, 9.17) is 5.73 Å². The second kappa shape index (κ2) is 3.75. The van der Waals surface area contributed by atoms with Gasteiger partial charge in [0.15, 0.2) is 0 Å². The molecular weight excluding hydrogens is 148 g/mol. The van der Waals surface area contributed by atoms with Gasteiger partial charge in [-0.3, -0.25) is 4.90 Å². The zero-order valence-corrected chi connectivity index (χ0v) is 8.64. The summed E-state index contributed by atoms with van der Waals surface area (Å²) >= 11 is 0. The molecule has 72 valence electrons. The van der Waals surface area contributed by atoms with Crippen LogP contribution in [0.15, 0.2) is 0 Å². The molecule has 1 aliphatic heterocycles. The van der Waals surface area contributed by atoms with Crippen molar-refractivity contribution in [2.75, 3.05) is 13.1 Å². The van der Waals surface area contributed by atoms with Crippen molar-refractivity contribution in [3.8, 4) is 0 Å². The number of likely N-dealkylation sites (tertiary alicyclic amines) is 1. The zero-order valence-electron chi connectivity index (χ0n) is 8.64. The second-order valence-electron chi connectivity index (χ2n) is 4.49. The van der Waals surface area contributed by atoms with Crippen molar-refractivity contribution in [1.29, 1.82) is 0 Å². The van der Waals surface area contributed by atoms with Crippen LogP contribution >= 0.6 is 0 Å². The zero-order chi connectivity index (χ0) is 9.19. The third kappa shape index (κ3) is 2.20. The van der Waals surface area contributed by atoms with Crippen LogP contribution in [0.25, 0.3) is 0 Å². The summed E-state index contributed by atoms with van der Waals surface area (Å²) in [6.07, 6.45) is 3.56. The van der Waals surface area contributed by atoms with Crippen LogP contribution in [-0.2, 0) is 0 Å². The molecule has 0 atom stereocenters. The fraction of sp³-hybridized carbons (Fsp3) is 1.00. The van der Waals surface area contributed by atoms with Gasteiger partial charge in [-0.25, -0.2) is 0 Å². The van der Waals surface area contributed by atoms with E-state index < -0.39 is 0 Å². The monoisotopic (exact) mass is 170 g/mol. The summed E-state index contributed by atoms with van der Waals surface area (Å²) in [5, 5.41) is 0. The van der Waals surface area contributed by atoms with Gasteiger partial charge in [-0.05, 0) is 33.1 Å². The number of piperidine rings is 1. The van der Waals surface area contributed by atoms with Gasteiger partial charge < -0.3 is 5.73 Å². The molecule has 0 aromatic carbocycles. The Morgan fingerprint density at radius 1 is 1.33 bits per heavy atom. The summed E-state index contributed by atoms with van der Waals surface area (Å²) in [6, 6.07) is 0.453. The van der Waals surface area contributed by atoms with Gasteiger partial charge in [0.2, 0.25) is 0 Å². The molecule has 0 spiro atoms. The Morgan fingerprint density at radius 2 is 1.83 bits per heavy atom. The molecule has 1 heterocycles. The SMILES string of the molecule is CCC(C)(C)N1CCC(N)CC1. The maximum atomic E-state index is 5.86. The van der Waals surface area contributed by atoms with E-state index in [2.05, 4.69) is 25.7 Å². The van der Waals surface area contributed by atoms with Crippen molar-refractivity contribution in [2.24, 2.45) is 5.73 Å². The predicted octanol–water partition coefficient (Wildman–Crippen LogP) is 1.60. The number of rotatable bonds is 2. The Hall–Kier alpha value is -0.0800. The molecule has 2 N–H and O–H groups in total. The first-order valence-electron chi connectivity index (χ1n) is 5.07. The van der Waals surface area contributed by atoms with E-state index in [0.717, 1.165) is 0 Å². The lowest BCUT2D eigenvalue weighted by Crippen LogP contribution is -2.50. The van der Waals surface area contributed by atoms with Crippen molar-refractivity contribution in [3.63, 3.8) is 0 Å². The smallest absolute Gasteiger partial charge is 0.0150 e. The highest BCUT2D eigenvalue weighted by molar-refractivity contribution is 4.85. The first kappa shape index (κ1) is 10.0. The molecule has 0 radical (unpaired) electrons. The average Bonchev–Trinajstić information content (AvgIpc) is 2.05. The second-order valence-corrected chi connectivity index (χ2v) is 4.49. The van der Waals surface area contributed by atoms with Gasteiger partial charge in [0.1, 0.15) is 0 Å². The molecule has 0 aliphatic carbocycles. The lowest BCUT2D eigenvalue weighted by molar-refractivity contribution is 0.0856. The molecule has 0 unspecified atom stereocenters. The summed E-state index contributed by atoms with van der Waals surface area (Å²) in [4.78, 5) is 2.57. The van der Waals surface area contributed by atoms with Crippen molar-refractivity contribution in [2.45, 2.75) is 51.6 Å². The van der Waals surface area contributed by atoms with Crippen molar-refractivity contribution >= 4 is 0 Å². The maximum Gasteiger partial charge on any atom is 0.0150 e. The maximum absolute atomic E-state index is 5.86. The molecule has 1 saturated heterocycles. The van der Waals surface area contributed by atoms with Crippen molar-refractivity contribution in [1.82, 2.24) is 4.90 Å². The molecule has 1 rings (SSSR count). The molecule has 1 aliphatic rings. The Kier molecular flexibility index (Phi) is 3.13. The molecule has 2 nitrogen and oxygen atoms in total. The lowest BCUT2D eigenvalue weighted by atomic mass is 9.94. The van der Waals surface area contributed by atoms with Gasteiger partial charge in [-0.15, -0.1) is 0 Å². The van der Waals surface area contributed by atoms with Crippen molar-refractivity contribution in [3.05, 3.63) is 0 Å². The Bertz CT molecular complexity index is 135. The van der Waals surface area contributed by atoms with Gasteiger partial charge >= 0.3 is 0 Å². The van der Waals surface area contributed by atoms with Crippen LogP contribution < -0.4 is 5.73 Å². The van der Waals surface area contributed by atoms with Crippen molar-refractivity contribution < 1.29 is 0 Å². The lowest BCUT2D eigenvalue weighted by Gasteiger charge is -2.42. The molecule has 0 aromatic rings. The standard InChI is InChI=1S/C10H22N2/c1-4-10(2,3)12-7-5-9(11)6-8-12/h9H,4-8,11H2,1-3H3. The summed E-state index contributed by atoms with van der Waals surface area (Å²) in [6.45, 7) is 9.27. The van der Waals surface area contributed by atoms with Gasteiger partial charge in [0.25, 0.3) is 0 Å². The minimum Gasteiger partial charge on any atom is -0.328 e. The molecule has 0 amide bonds. The number of hydrogen-bond acceptors (Lipinski definition) is 2. The Morgan fingerprint density at radius 3 is 2.25 bits per heavy atom. The van der Waals surface area contributed by atoms with E-state index in [1.165, 1.54) is 32.4 Å². The van der Waals surface area contributed by atoms with E-state index in [0.29, 0.717) is 11.6 Å². The molecule has 0 aromatic heterocycles. The van der Waals surface area contributed by atoms with E-state index in [1.54, 1.807) is 0 Å². The topological polar surface area (TPSA) is 29.3 Å². The highest BCUT2D eigenvalue weighted by Gasteiger charge is 2.27. The number of hydrogen-bond donors (Lipinski definition) is 1. The minimum absolute atomic E-state index is 0.375. The van der Waals surface area contributed by atoms with Crippen LogP contribution in [0.5, 0.6) is 0 Å². The Balaban J connectivity index is 2.44. The normalized spacial score (nSPS) is 23.0. The summed E-state index contributed by atoms with van der Waals surface area (Å²) in [5.41, 5.74) is 6.23. The van der Waals surface area contributed by atoms with Crippen LogP contribution in [0.2, 0.25) is 0 Å². The highest BCUT2D eigenvalue weighted by atomic mass is 15.2. The van der Waals surface area contributed by atoms with Crippen LogP contribution in [-0.4, -0.2) is 29.6 Å². The van der Waals surface area contributed by atoms with Gasteiger partial charge in [0, 0.05) is 24.7 Å². The van der Waals surface area contributed by atoms with Gasteiger partial charge in [-0.2, -0.15) is 0 Å². The first-order valence-corrected chi connectivity index (χ1v) is 5.07. The van der Waals surface area contributed by atoms with E-state index >= 15 is 0 Å². The van der Waals surface area contributed by atoms with Crippen LogP contribution in [0.3, 0.4) is 0 Å². The van der Waals surface area contributed by atoms with Gasteiger partial charge in [0.05, 0.1) is 0 Å². The van der Waals surface area contributed by atoms with Crippen LogP contribution in [0, 0.1) is 0 Å². The molecule has 2 heteroatoms. The third-order valence-corrected chi connectivity index (χ3v) is 3.26.